The average molecular weight is 368 g/mol. The highest BCUT2D eigenvalue weighted by Gasteiger charge is 2.39. The Hall–Kier alpha value is -0.0300. The molecule has 2 atom stereocenters. The van der Waals surface area contributed by atoms with Crippen LogP contribution in [0.1, 0.15) is 53.4 Å². The van der Waals surface area contributed by atoms with Crippen molar-refractivity contribution in [2.24, 2.45) is 17.1 Å². The molecule has 1 amide bonds. The van der Waals surface area contributed by atoms with Crippen LogP contribution in [0.4, 0.5) is 0 Å². The van der Waals surface area contributed by atoms with Gasteiger partial charge < -0.3 is 10.6 Å². The van der Waals surface area contributed by atoms with Crippen LogP contribution in [-0.2, 0) is 4.79 Å². The molecule has 0 radical (unpaired) electrons. The number of rotatable bonds is 3. The quantitative estimate of drug-likeness (QED) is 0.833. The third kappa shape index (κ3) is 5.48. The second-order valence-electron chi connectivity index (χ2n) is 7.93. The van der Waals surface area contributed by atoms with E-state index < -0.39 is 0 Å². The van der Waals surface area contributed by atoms with Gasteiger partial charge in [0.25, 0.3) is 0 Å². The number of likely N-dealkylation sites (tertiary alicyclic amines) is 2. The molecule has 2 aliphatic heterocycles. The highest BCUT2D eigenvalue weighted by molar-refractivity contribution is 5.85. The fourth-order valence-corrected chi connectivity index (χ4v) is 3.81. The van der Waals surface area contributed by atoms with Crippen LogP contribution in [0.3, 0.4) is 0 Å². The third-order valence-electron chi connectivity index (χ3n) is 5.29. The SMILES string of the molecule is CC(C)C(C(=O)N1CCC(N)C(C)(C)C1)N1CCCCC1.Cl.Cl. The Bertz CT molecular complexity index is 371. The number of hydrogen-bond donors (Lipinski definition) is 1. The Labute approximate surface area is 154 Å². The van der Waals surface area contributed by atoms with Gasteiger partial charge >= 0.3 is 0 Å². The lowest BCUT2D eigenvalue weighted by atomic mass is 9.79. The van der Waals surface area contributed by atoms with E-state index in [0.717, 1.165) is 32.6 Å². The zero-order chi connectivity index (χ0) is 15.6. The summed E-state index contributed by atoms with van der Waals surface area (Å²) in [6, 6.07) is 0.254. The molecule has 6 heteroatoms. The number of carbonyl (C=O) groups is 1. The van der Waals surface area contributed by atoms with E-state index >= 15 is 0 Å². The highest BCUT2D eigenvalue weighted by atomic mass is 35.5. The molecule has 0 aliphatic carbocycles. The lowest BCUT2D eigenvalue weighted by Crippen LogP contribution is -2.59. The average Bonchev–Trinajstić information content (AvgIpc) is 2.42. The normalized spacial score (nSPS) is 26.2. The zero-order valence-corrected chi connectivity index (χ0v) is 16.7. The molecule has 0 aromatic rings. The van der Waals surface area contributed by atoms with E-state index in [1.165, 1.54) is 19.3 Å². The molecule has 4 nitrogen and oxygen atoms in total. The fraction of sp³-hybridized carbons (Fsp3) is 0.941. The Kier molecular flexibility index (Phi) is 9.44. The van der Waals surface area contributed by atoms with Crippen molar-refractivity contribution in [3.8, 4) is 0 Å². The topological polar surface area (TPSA) is 49.6 Å². The second-order valence-corrected chi connectivity index (χ2v) is 7.93. The summed E-state index contributed by atoms with van der Waals surface area (Å²) in [6.45, 7) is 12.5. The van der Waals surface area contributed by atoms with Crippen molar-refractivity contribution in [1.82, 2.24) is 9.80 Å². The van der Waals surface area contributed by atoms with Gasteiger partial charge in [0.2, 0.25) is 5.91 Å². The Balaban J connectivity index is 0.00000242. The minimum Gasteiger partial charge on any atom is -0.341 e. The molecular weight excluding hydrogens is 333 g/mol. The van der Waals surface area contributed by atoms with Crippen LogP contribution in [0.25, 0.3) is 0 Å². The van der Waals surface area contributed by atoms with Gasteiger partial charge in [0.15, 0.2) is 0 Å². The summed E-state index contributed by atoms with van der Waals surface area (Å²) >= 11 is 0. The van der Waals surface area contributed by atoms with E-state index in [0.29, 0.717) is 11.8 Å². The van der Waals surface area contributed by atoms with E-state index in [9.17, 15) is 4.79 Å². The number of nitrogens with zero attached hydrogens (tertiary/aromatic N) is 2. The largest absolute Gasteiger partial charge is 0.341 e. The molecule has 0 spiro atoms. The number of amides is 1. The van der Waals surface area contributed by atoms with Gasteiger partial charge in [-0.05, 0) is 43.7 Å². The molecule has 2 heterocycles. The molecule has 2 N–H and O–H groups in total. The number of hydrogen-bond acceptors (Lipinski definition) is 3. The van der Waals surface area contributed by atoms with Gasteiger partial charge in [-0.1, -0.05) is 34.1 Å². The summed E-state index contributed by atoms with van der Waals surface area (Å²) in [5, 5.41) is 0. The smallest absolute Gasteiger partial charge is 0.240 e. The van der Waals surface area contributed by atoms with Crippen molar-refractivity contribution in [3.63, 3.8) is 0 Å². The standard InChI is InChI=1S/C17H33N3O.2ClH/c1-13(2)15(19-9-6-5-7-10-19)16(21)20-11-8-14(18)17(3,4)12-20;;/h13-15H,5-12,18H2,1-4H3;2*1H. The summed E-state index contributed by atoms with van der Waals surface area (Å²) < 4.78 is 0. The Morgan fingerprint density at radius 2 is 1.65 bits per heavy atom. The molecule has 2 fully saturated rings. The minimum atomic E-state index is 0. The summed E-state index contributed by atoms with van der Waals surface area (Å²) in [6.07, 6.45) is 4.68. The summed E-state index contributed by atoms with van der Waals surface area (Å²) in [5.41, 5.74) is 6.23. The number of halogens is 2. The fourth-order valence-electron chi connectivity index (χ4n) is 3.81. The van der Waals surface area contributed by atoms with Crippen LogP contribution in [0.15, 0.2) is 0 Å². The van der Waals surface area contributed by atoms with Crippen LogP contribution in [0, 0.1) is 11.3 Å². The van der Waals surface area contributed by atoms with Gasteiger partial charge in [-0.15, -0.1) is 24.8 Å². The van der Waals surface area contributed by atoms with Gasteiger partial charge in [0, 0.05) is 19.1 Å². The van der Waals surface area contributed by atoms with E-state index in [1.54, 1.807) is 0 Å². The lowest BCUT2D eigenvalue weighted by molar-refractivity contribution is -0.142. The van der Waals surface area contributed by atoms with E-state index in [4.69, 9.17) is 5.73 Å². The summed E-state index contributed by atoms with van der Waals surface area (Å²) in [5.74, 6) is 0.696. The van der Waals surface area contributed by atoms with Crippen LogP contribution < -0.4 is 5.73 Å². The maximum Gasteiger partial charge on any atom is 0.240 e. The van der Waals surface area contributed by atoms with Crippen molar-refractivity contribution in [2.75, 3.05) is 26.2 Å². The highest BCUT2D eigenvalue weighted by Crippen LogP contribution is 2.29. The van der Waals surface area contributed by atoms with Gasteiger partial charge in [-0.25, -0.2) is 0 Å². The molecule has 2 aliphatic rings. The maximum absolute atomic E-state index is 13.1. The summed E-state index contributed by atoms with van der Waals surface area (Å²) in [7, 11) is 0. The zero-order valence-electron chi connectivity index (χ0n) is 15.1. The van der Waals surface area contributed by atoms with Crippen molar-refractivity contribution in [2.45, 2.75) is 65.5 Å². The van der Waals surface area contributed by atoms with Crippen LogP contribution in [0.2, 0.25) is 0 Å². The lowest BCUT2D eigenvalue weighted by Gasteiger charge is -2.45. The predicted molar refractivity (Wildman–Crippen MR) is 101 cm³/mol. The molecule has 0 aromatic heterocycles. The Morgan fingerprint density at radius 1 is 1.09 bits per heavy atom. The number of piperidine rings is 2. The molecule has 138 valence electrons. The van der Waals surface area contributed by atoms with Gasteiger partial charge in [-0.2, -0.15) is 0 Å². The molecule has 0 bridgehead atoms. The monoisotopic (exact) mass is 367 g/mol. The van der Waals surface area contributed by atoms with Crippen molar-refractivity contribution in [1.29, 1.82) is 0 Å². The predicted octanol–water partition coefficient (Wildman–Crippen LogP) is 2.93. The molecule has 0 aromatic carbocycles. The first kappa shape index (κ1) is 23.0. The molecule has 2 unspecified atom stereocenters. The van der Waals surface area contributed by atoms with Crippen LogP contribution >= 0.6 is 24.8 Å². The molecular formula is C17H35Cl2N3O. The van der Waals surface area contributed by atoms with Crippen LogP contribution in [-0.4, -0.2) is 54.0 Å². The van der Waals surface area contributed by atoms with Gasteiger partial charge in [0.1, 0.15) is 0 Å². The number of carbonyl (C=O) groups excluding carboxylic acids is 1. The minimum absolute atomic E-state index is 0. The van der Waals surface area contributed by atoms with Crippen molar-refractivity contribution >= 4 is 30.7 Å². The first-order valence-corrected chi connectivity index (χ1v) is 8.61. The molecule has 23 heavy (non-hydrogen) atoms. The summed E-state index contributed by atoms with van der Waals surface area (Å²) in [4.78, 5) is 17.6. The Morgan fingerprint density at radius 3 is 2.13 bits per heavy atom. The van der Waals surface area contributed by atoms with Gasteiger partial charge in [0.05, 0.1) is 6.04 Å². The third-order valence-corrected chi connectivity index (χ3v) is 5.29. The van der Waals surface area contributed by atoms with E-state index in [-0.39, 0.29) is 42.3 Å². The van der Waals surface area contributed by atoms with Crippen LogP contribution in [0.5, 0.6) is 0 Å². The first-order chi connectivity index (χ1) is 9.83. The van der Waals surface area contributed by atoms with Gasteiger partial charge in [-0.3, -0.25) is 9.69 Å². The second kappa shape index (κ2) is 9.45. The van der Waals surface area contributed by atoms with E-state index in [1.807, 2.05) is 0 Å². The van der Waals surface area contributed by atoms with E-state index in [2.05, 4.69) is 37.5 Å². The molecule has 2 saturated heterocycles. The maximum atomic E-state index is 13.1. The first-order valence-electron chi connectivity index (χ1n) is 8.61. The molecule has 2 rings (SSSR count). The number of nitrogens with two attached hydrogens (primary N) is 1. The van der Waals surface area contributed by atoms with Crippen molar-refractivity contribution < 1.29 is 4.79 Å². The van der Waals surface area contributed by atoms with Crippen molar-refractivity contribution in [3.05, 3.63) is 0 Å². The molecule has 0 saturated carbocycles.